The van der Waals surface area contributed by atoms with E-state index in [9.17, 15) is 8.42 Å². The molecule has 0 aromatic carbocycles. The Bertz CT molecular complexity index is 681. The number of halogens is 1. The largest absolute Gasteiger partial charge is 0.276 e. The van der Waals surface area contributed by atoms with Crippen LogP contribution in [-0.2, 0) is 17.1 Å². The summed E-state index contributed by atoms with van der Waals surface area (Å²) in [6, 6.07) is 1.42. The number of anilines is 1. The van der Waals surface area contributed by atoms with Gasteiger partial charge in [0.05, 0.1) is 16.4 Å². The second kappa shape index (κ2) is 4.58. The second-order valence-electron chi connectivity index (χ2n) is 3.71. The van der Waals surface area contributed by atoms with Gasteiger partial charge in [-0.05, 0) is 13.0 Å². The van der Waals surface area contributed by atoms with Crippen molar-refractivity contribution in [3.8, 4) is 0 Å². The Balaban J connectivity index is 2.39. The molecule has 2 aromatic heterocycles. The molecule has 1 N–H and O–H groups in total. The molecule has 0 amide bonds. The minimum absolute atomic E-state index is 0.0603. The fourth-order valence-corrected chi connectivity index (χ4v) is 2.99. The summed E-state index contributed by atoms with van der Waals surface area (Å²) in [4.78, 5) is 3.70. The van der Waals surface area contributed by atoms with E-state index in [1.165, 1.54) is 23.1 Å². The summed E-state index contributed by atoms with van der Waals surface area (Å²) in [5.74, 6) is 0. The smallest absolute Gasteiger partial charge is 0.265 e. The Morgan fingerprint density at radius 2 is 2.17 bits per heavy atom. The van der Waals surface area contributed by atoms with Gasteiger partial charge in [-0.1, -0.05) is 11.6 Å². The van der Waals surface area contributed by atoms with Crippen molar-refractivity contribution in [2.75, 3.05) is 4.72 Å². The number of nitrogens with zero attached hydrogens (tertiary/aromatic N) is 3. The lowest BCUT2D eigenvalue weighted by atomic mass is 10.4. The Hall–Kier alpha value is -1.60. The summed E-state index contributed by atoms with van der Waals surface area (Å²) in [5.41, 5.74) is 0.999. The minimum Gasteiger partial charge on any atom is -0.276 e. The number of pyridine rings is 1. The van der Waals surface area contributed by atoms with Gasteiger partial charge in [-0.3, -0.25) is 14.4 Å². The molecule has 2 aromatic rings. The van der Waals surface area contributed by atoms with Crippen LogP contribution in [0.2, 0.25) is 5.02 Å². The van der Waals surface area contributed by atoms with Gasteiger partial charge in [0.15, 0.2) is 0 Å². The number of hydrogen-bond donors (Lipinski definition) is 1. The number of aromatic nitrogens is 3. The lowest BCUT2D eigenvalue weighted by Crippen LogP contribution is -2.14. The van der Waals surface area contributed by atoms with Crippen molar-refractivity contribution in [3.63, 3.8) is 0 Å². The van der Waals surface area contributed by atoms with Crippen LogP contribution in [0.4, 0.5) is 5.69 Å². The van der Waals surface area contributed by atoms with Crippen molar-refractivity contribution in [3.05, 3.63) is 35.4 Å². The van der Waals surface area contributed by atoms with E-state index in [0.29, 0.717) is 11.4 Å². The van der Waals surface area contributed by atoms with Crippen LogP contribution in [0.15, 0.2) is 29.6 Å². The summed E-state index contributed by atoms with van der Waals surface area (Å²) < 4.78 is 28.2. The van der Waals surface area contributed by atoms with Gasteiger partial charge >= 0.3 is 0 Å². The van der Waals surface area contributed by atoms with E-state index in [4.69, 9.17) is 11.6 Å². The zero-order chi connectivity index (χ0) is 13.3. The molecule has 0 unspecified atom stereocenters. The number of aryl methyl sites for hydroxylation is 2. The molecule has 6 nitrogen and oxygen atoms in total. The van der Waals surface area contributed by atoms with Gasteiger partial charge in [-0.25, -0.2) is 8.42 Å². The van der Waals surface area contributed by atoms with Crippen LogP contribution in [0.25, 0.3) is 0 Å². The van der Waals surface area contributed by atoms with Gasteiger partial charge < -0.3 is 0 Å². The molecule has 0 atom stereocenters. The standard InChI is InChI=1S/C10H11ClN4O2S/c1-7-9(6-15(2)13-7)14-18(16,17)10-5-12-4-3-8(10)11/h3-6,14H,1-2H3. The predicted octanol–water partition coefficient (Wildman–Crippen LogP) is 1.58. The summed E-state index contributed by atoms with van der Waals surface area (Å²) in [7, 11) is -2.04. The molecule has 0 bridgehead atoms. The Morgan fingerprint density at radius 1 is 1.44 bits per heavy atom. The molecule has 2 rings (SSSR count). The maximum atomic E-state index is 12.1. The van der Waals surface area contributed by atoms with Gasteiger partial charge in [-0.15, -0.1) is 0 Å². The molecule has 0 aliphatic heterocycles. The first-order valence-corrected chi connectivity index (χ1v) is 6.89. The maximum Gasteiger partial charge on any atom is 0.265 e. The molecule has 0 spiro atoms. The zero-order valence-electron chi connectivity index (χ0n) is 9.75. The quantitative estimate of drug-likeness (QED) is 0.929. The average molecular weight is 287 g/mol. The third kappa shape index (κ3) is 2.46. The van der Waals surface area contributed by atoms with Crippen molar-refractivity contribution in [1.29, 1.82) is 0 Å². The molecule has 2 heterocycles. The molecule has 96 valence electrons. The molecule has 0 saturated heterocycles. The fourth-order valence-electron chi connectivity index (χ4n) is 1.46. The molecule has 0 aliphatic carbocycles. The van der Waals surface area contributed by atoms with E-state index in [-0.39, 0.29) is 9.92 Å². The summed E-state index contributed by atoms with van der Waals surface area (Å²) >= 11 is 5.84. The molecule has 0 aliphatic rings. The summed E-state index contributed by atoms with van der Waals surface area (Å²) in [6.07, 6.45) is 4.21. The maximum absolute atomic E-state index is 12.1. The van der Waals surface area contributed by atoms with Crippen LogP contribution in [-0.4, -0.2) is 23.2 Å². The first kappa shape index (κ1) is 12.8. The highest BCUT2D eigenvalue weighted by atomic mass is 35.5. The number of sulfonamides is 1. The zero-order valence-corrected chi connectivity index (χ0v) is 11.3. The lowest BCUT2D eigenvalue weighted by molar-refractivity contribution is 0.601. The van der Waals surface area contributed by atoms with Crippen molar-refractivity contribution in [1.82, 2.24) is 14.8 Å². The van der Waals surface area contributed by atoms with Gasteiger partial charge in [0.2, 0.25) is 0 Å². The third-order valence-corrected chi connectivity index (χ3v) is 4.12. The highest BCUT2D eigenvalue weighted by Gasteiger charge is 2.19. The number of nitrogens with one attached hydrogen (secondary N) is 1. The topological polar surface area (TPSA) is 76.9 Å². The van der Waals surface area contributed by atoms with Crippen molar-refractivity contribution >= 4 is 27.3 Å². The first-order valence-electron chi connectivity index (χ1n) is 5.03. The summed E-state index contributed by atoms with van der Waals surface area (Å²) in [6.45, 7) is 1.71. The number of hydrogen-bond acceptors (Lipinski definition) is 4. The average Bonchev–Trinajstić information content (AvgIpc) is 2.57. The van der Waals surface area contributed by atoms with Crippen LogP contribution in [0.3, 0.4) is 0 Å². The molecule has 0 radical (unpaired) electrons. The highest BCUT2D eigenvalue weighted by Crippen LogP contribution is 2.23. The Labute approximate surface area is 110 Å². The van der Waals surface area contributed by atoms with Crippen LogP contribution < -0.4 is 4.72 Å². The van der Waals surface area contributed by atoms with Gasteiger partial charge in [0, 0.05) is 25.6 Å². The third-order valence-electron chi connectivity index (χ3n) is 2.28. The van der Waals surface area contributed by atoms with E-state index in [1.54, 1.807) is 20.2 Å². The normalized spacial score (nSPS) is 11.5. The molecular formula is C10H11ClN4O2S. The van der Waals surface area contributed by atoms with Gasteiger partial charge in [0.1, 0.15) is 4.90 Å². The predicted molar refractivity (Wildman–Crippen MR) is 68.0 cm³/mol. The highest BCUT2D eigenvalue weighted by molar-refractivity contribution is 7.92. The second-order valence-corrected chi connectivity index (χ2v) is 5.77. The van der Waals surface area contributed by atoms with Crippen molar-refractivity contribution < 1.29 is 8.42 Å². The van der Waals surface area contributed by atoms with E-state index < -0.39 is 10.0 Å². The van der Waals surface area contributed by atoms with Crippen LogP contribution >= 0.6 is 11.6 Å². The van der Waals surface area contributed by atoms with Crippen molar-refractivity contribution in [2.24, 2.45) is 7.05 Å². The van der Waals surface area contributed by atoms with Crippen LogP contribution in [0, 0.1) is 6.92 Å². The minimum atomic E-state index is -3.75. The van der Waals surface area contributed by atoms with E-state index >= 15 is 0 Å². The molecule has 18 heavy (non-hydrogen) atoms. The molecule has 0 fully saturated rings. The SMILES string of the molecule is Cc1nn(C)cc1NS(=O)(=O)c1cnccc1Cl. The molecule has 8 heteroatoms. The van der Waals surface area contributed by atoms with Gasteiger partial charge in [0.25, 0.3) is 10.0 Å². The molecule has 0 saturated carbocycles. The van der Waals surface area contributed by atoms with Crippen molar-refractivity contribution in [2.45, 2.75) is 11.8 Å². The van der Waals surface area contributed by atoms with E-state index in [1.807, 2.05) is 0 Å². The Kier molecular flexibility index (Phi) is 3.27. The number of rotatable bonds is 3. The van der Waals surface area contributed by atoms with Crippen LogP contribution in [0.1, 0.15) is 5.69 Å². The van der Waals surface area contributed by atoms with E-state index in [0.717, 1.165) is 0 Å². The fraction of sp³-hybridized carbons (Fsp3) is 0.200. The molecular weight excluding hydrogens is 276 g/mol. The van der Waals surface area contributed by atoms with Gasteiger partial charge in [-0.2, -0.15) is 5.10 Å². The lowest BCUT2D eigenvalue weighted by Gasteiger charge is -2.07. The van der Waals surface area contributed by atoms with Crippen LogP contribution in [0.5, 0.6) is 0 Å². The van der Waals surface area contributed by atoms with E-state index in [2.05, 4.69) is 14.8 Å². The Morgan fingerprint density at radius 3 is 2.72 bits per heavy atom. The monoisotopic (exact) mass is 286 g/mol. The first-order chi connectivity index (χ1) is 8.40. The summed E-state index contributed by atoms with van der Waals surface area (Å²) in [5, 5.41) is 4.18.